The van der Waals surface area contributed by atoms with Crippen molar-refractivity contribution in [3.63, 3.8) is 0 Å². The normalized spacial score (nSPS) is 15.5. The summed E-state index contributed by atoms with van der Waals surface area (Å²) in [7, 11) is -1.65. The second-order valence-corrected chi connectivity index (χ2v) is 8.44. The minimum absolute atomic E-state index is 0.0629. The molecule has 2 aromatic carbocycles. The third kappa shape index (κ3) is 5.16. The molecule has 0 saturated carbocycles. The zero-order valence-electron chi connectivity index (χ0n) is 15.2. The predicted octanol–water partition coefficient (Wildman–Crippen LogP) is 4.66. The molecular formula is C18H14Cl2F4N2O3S. The van der Waals surface area contributed by atoms with Gasteiger partial charge in [0.15, 0.2) is 0 Å². The number of amides is 1. The fourth-order valence-corrected chi connectivity index (χ4v) is 3.88. The first-order valence-electron chi connectivity index (χ1n) is 8.38. The highest BCUT2D eigenvalue weighted by molar-refractivity contribution is 7.82. The minimum Gasteiger partial charge on any atom is -0.404 e. The van der Waals surface area contributed by atoms with Crippen LogP contribution in [0.5, 0.6) is 5.75 Å². The Bertz CT molecular complexity index is 1010. The first kappa shape index (κ1) is 22.6. The van der Waals surface area contributed by atoms with E-state index in [2.05, 4.69) is 9.46 Å². The lowest BCUT2D eigenvalue weighted by atomic mass is 9.90. The second kappa shape index (κ2) is 8.60. The van der Waals surface area contributed by atoms with E-state index in [-0.39, 0.29) is 21.5 Å². The molecule has 0 radical (unpaired) electrons. The summed E-state index contributed by atoms with van der Waals surface area (Å²) in [5, 5.41) is -0.0372. The molecule has 3 rings (SSSR count). The van der Waals surface area contributed by atoms with Gasteiger partial charge in [-0.15, -0.1) is 13.2 Å². The smallest absolute Gasteiger partial charge is 0.404 e. The number of carbonyl (C=O) groups is 1. The Morgan fingerprint density at radius 1 is 1.20 bits per heavy atom. The summed E-state index contributed by atoms with van der Waals surface area (Å²) >= 11 is 12.1. The van der Waals surface area contributed by atoms with Crippen LogP contribution in [0.4, 0.5) is 23.2 Å². The second-order valence-electron chi connectivity index (χ2n) is 6.51. The Morgan fingerprint density at radius 2 is 1.87 bits per heavy atom. The van der Waals surface area contributed by atoms with Crippen LogP contribution in [0.25, 0.3) is 0 Å². The van der Waals surface area contributed by atoms with Crippen molar-refractivity contribution >= 4 is 45.8 Å². The van der Waals surface area contributed by atoms with Gasteiger partial charge in [0.1, 0.15) is 22.6 Å². The van der Waals surface area contributed by atoms with Gasteiger partial charge in [-0.3, -0.25) is 9.52 Å². The number of rotatable bonds is 5. The average Bonchev–Trinajstić information content (AvgIpc) is 2.56. The number of hydrogen-bond acceptors (Lipinski definition) is 4. The SMILES string of the molecule is CS(=O)NC(=O)c1cc(Cl)c(N2CC(c3ccc(OC(F)(F)F)c(Cl)c3)C2)cc1F. The third-order valence-electron chi connectivity index (χ3n) is 4.39. The van der Waals surface area contributed by atoms with Crippen molar-refractivity contribution in [2.75, 3.05) is 24.2 Å². The molecule has 162 valence electrons. The van der Waals surface area contributed by atoms with Crippen molar-refractivity contribution in [1.29, 1.82) is 0 Å². The molecule has 1 N–H and O–H groups in total. The first-order chi connectivity index (χ1) is 13.9. The van der Waals surface area contributed by atoms with E-state index in [1.165, 1.54) is 18.4 Å². The number of alkyl halides is 3. The largest absolute Gasteiger partial charge is 0.573 e. The van der Waals surface area contributed by atoms with E-state index in [1.807, 2.05) is 0 Å². The number of halogens is 6. The van der Waals surface area contributed by atoms with Crippen molar-refractivity contribution in [1.82, 2.24) is 4.72 Å². The molecule has 1 unspecified atom stereocenters. The van der Waals surface area contributed by atoms with Gasteiger partial charge in [0.05, 0.1) is 21.3 Å². The van der Waals surface area contributed by atoms with Crippen LogP contribution >= 0.6 is 23.2 Å². The molecule has 2 aromatic rings. The topological polar surface area (TPSA) is 58.6 Å². The molecule has 12 heteroatoms. The van der Waals surface area contributed by atoms with Gasteiger partial charge in [-0.05, 0) is 29.8 Å². The lowest BCUT2D eigenvalue weighted by Gasteiger charge is -2.42. The number of carbonyl (C=O) groups excluding carboxylic acids is 1. The van der Waals surface area contributed by atoms with Crippen molar-refractivity contribution in [2.24, 2.45) is 0 Å². The van der Waals surface area contributed by atoms with Gasteiger partial charge in [0, 0.05) is 25.3 Å². The monoisotopic (exact) mass is 484 g/mol. The minimum atomic E-state index is -4.84. The van der Waals surface area contributed by atoms with E-state index < -0.39 is 34.8 Å². The molecule has 0 bridgehead atoms. The molecule has 1 atom stereocenters. The highest BCUT2D eigenvalue weighted by Crippen LogP contribution is 2.39. The molecule has 0 aromatic heterocycles. The van der Waals surface area contributed by atoms with Crippen LogP contribution in [0.1, 0.15) is 21.8 Å². The predicted molar refractivity (Wildman–Crippen MR) is 106 cm³/mol. The van der Waals surface area contributed by atoms with Crippen molar-refractivity contribution in [2.45, 2.75) is 12.3 Å². The molecule has 5 nitrogen and oxygen atoms in total. The lowest BCUT2D eigenvalue weighted by molar-refractivity contribution is -0.274. The van der Waals surface area contributed by atoms with E-state index >= 15 is 0 Å². The molecule has 0 aliphatic carbocycles. The Kier molecular flexibility index (Phi) is 6.49. The summed E-state index contributed by atoms with van der Waals surface area (Å²) < 4.78 is 68.4. The summed E-state index contributed by atoms with van der Waals surface area (Å²) in [5.74, 6) is -2.22. The van der Waals surface area contributed by atoms with Gasteiger partial charge in [0.25, 0.3) is 5.91 Å². The molecular weight excluding hydrogens is 471 g/mol. The molecule has 1 heterocycles. The Morgan fingerprint density at radius 3 is 2.43 bits per heavy atom. The molecule has 1 aliphatic heterocycles. The number of nitrogens with one attached hydrogen (secondary N) is 1. The van der Waals surface area contributed by atoms with E-state index in [4.69, 9.17) is 23.2 Å². The fourth-order valence-electron chi connectivity index (χ4n) is 3.00. The molecule has 1 amide bonds. The number of anilines is 1. The Labute approximate surface area is 181 Å². The van der Waals surface area contributed by atoms with Gasteiger partial charge < -0.3 is 9.64 Å². The number of hydrogen-bond donors (Lipinski definition) is 1. The summed E-state index contributed by atoms with van der Waals surface area (Å²) in [6.45, 7) is 0.832. The highest BCUT2D eigenvalue weighted by Gasteiger charge is 2.34. The molecule has 0 spiro atoms. The van der Waals surface area contributed by atoms with E-state index in [1.54, 1.807) is 4.90 Å². The van der Waals surface area contributed by atoms with Gasteiger partial charge in [0.2, 0.25) is 0 Å². The van der Waals surface area contributed by atoms with Crippen LogP contribution in [0.2, 0.25) is 10.0 Å². The standard InChI is InChI=1S/C18H14Cl2F4N2O3S/c1-30(28)25-17(27)11-5-12(19)15(6-14(11)21)26-7-10(8-26)9-2-3-16(13(20)4-9)29-18(22,23)24/h2-6,10H,7-8H2,1H3,(H,25,27). The van der Waals surface area contributed by atoms with Gasteiger partial charge in [-0.25, -0.2) is 8.60 Å². The zero-order chi connectivity index (χ0) is 22.2. The summed E-state index contributed by atoms with van der Waals surface area (Å²) in [6.07, 6.45) is -3.60. The fraction of sp³-hybridized carbons (Fsp3) is 0.278. The zero-order valence-corrected chi connectivity index (χ0v) is 17.6. The molecule has 1 aliphatic rings. The molecule has 30 heavy (non-hydrogen) atoms. The average molecular weight is 485 g/mol. The highest BCUT2D eigenvalue weighted by atomic mass is 35.5. The van der Waals surface area contributed by atoms with Gasteiger partial charge in [-0.2, -0.15) is 0 Å². The molecule has 1 saturated heterocycles. The number of ether oxygens (including phenoxy) is 1. The van der Waals surface area contributed by atoms with Crippen LogP contribution in [-0.4, -0.2) is 35.8 Å². The van der Waals surface area contributed by atoms with Crippen LogP contribution < -0.4 is 14.4 Å². The van der Waals surface area contributed by atoms with Crippen LogP contribution in [0, 0.1) is 5.82 Å². The lowest BCUT2D eigenvalue weighted by Crippen LogP contribution is -2.45. The van der Waals surface area contributed by atoms with Crippen molar-refractivity contribution in [3.05, 3.63) is 57.3 Å². The number of nitrogens with zero attached hydrogens (tertiary/aromatic N) is 1. The maximum atomic E-state index is 14.3. The van der Waals surface area contributed by atoms with E-state index in [0.717, 1.165) is 18.2 Å². The number of benzene rings is 2. The first-order valence-corrected chi connectivity index (χ1v) is 10.7. The third-order valence-corrected chi connectivity index (χ3v) is 5.46. The maximum Gasteiger partial charge on any atom is 0.573 e. The van der Waals surface area contributed by atoms with E-state index in [0.29, 0.717) is 24.3 Å². The Hall–Kier alpha value is -2.04. The van der Waals surface area contributed by atoms with Crippen molar-refractivity contribution in [3.8, 4) is 5.75 Å². The Balaban J connectivity index is 1.71. The quantitative estimate of drug-likeness (QED) is 0.627. The summed E-state index contributed by atoms with van der Waals surface area (Å²) in [5.41, 5.74) is 0.731. The van der Waals surface area contributed by atoms with Gasteiger partial charge >= 0.3 is 6.36 Å². The molecule has 1 fully saturated rings. The van der Waals surface area contributed by atoms with Crippen LogP contribution in [0.15, 0.2) is 30.3 Å². The summed E-state index contributed by atoms with van der Waals surface area (Å²) in [6, 6.07) is 6.29. The summed E-state index contributed by atoms with van der Waals surface area (Å²) in [4.78, 5) is 13.6. The van der Waals surface area contributed by atoms with Crippen molar-refractivity contribution < 1.29 is 31.3 Å². The van der Waals surface area contributed by atoms with Crippen LogP contribution in [0.3, 0.4) is 0 Å². The van der Waals surface area contributed by atoms with Gasteiger partial charge in [-0.1, -0.05) is 29.3 Å². The van der Waals surface area contributed by atoms with Crippen LogP contribution in [-0.2, 0) is 11.0 Å². The van der Waals surface area contributed by atoms with E-state index in [9.17, 15) is 26.6 Å². The maximum absolute atomic E-state index is 14.3.